The molecule has 3 rings (SSSR count). The fourth-order valence-corrected chi connectivity index (χ4v) is 2.29. The van der Waals surface area contributed by atoms with Gasteiger partial charge in [0.25, 0.3) is 5.91 Å². The standard InChI is InChI=1S/C18H15F2NO3/c1-11(17-8-12-4-2-3-5-16(12)24-17)21-18(22)10-23-13-6-7-14(19)15(20)9-13/h2-9,11H,10H2,1H3,(H,21,22)/t11-/m1/s1. The maximum absolute atomic E-state index is 13.1. The smallest absolute Gasteiger partial charge is 0.258 e. The summed E-state index contributed by atoms with van der Waals surface area (Å²) in [6, 6.07) is 12.1. The molecule has 1 N–H and O–H groups in total. The van der Waals surface area contributed by atoms with E-state index in [1.807, 2.05) is 30.3 Å². The van der Waals surface area contributed by atoms with Gasteiger partial charge in [-0.15, -0.1) is 0 Å². The Balaban J connectivity index is 1.58. The largest absolute Gasteiger partial charge is 0.484 e. The van der Waals surface area contributed by atoms with Crippen LogP contribution in [0.1, 0.15) is 18.7 Å². The van der Waals surface area contributed by atoms with E-state index in [1.54, 1.807) is 6.92 Å². The molecular formula is C18H15F2NO3. The van der Waals surface area contributed by atoms with E-state index < -0.39 is 17.5 Å². The molecule has 0 saturated carbocycles. The Morgan fingerprint density at radius 2 is 1.96 bits per heavy atom. The predicted molar refractivity (Wildman–Crippen MR) is 84.6 cm³/mol. The normalized spacial score (nSPS) is 12.1. The number of rotatable bonds is 5. The molecule has 1 heterocycles. The molecule has 0 fully saturated rings. The van der Waals surface area contributed by atoms with Gasteiger partial charge < -0.3 is 14.5 Å². The van der Waals surface area contributed by atoms with E-state index in [4.69, 9.17) is 9.15 Å². The van der Waals surface area contributed by atoms with Crippen molar-refractivity contribution >= 4 is 16.9 Å². The average molecular weight is 331 g/mol. The number of nitrogens with one attached hydrogen (secondary N) is 1. The highest BCUT2D eigenvalue weighted by molar-refractivity contribution is 5.79. The van der Waals surface area contributed by atoms with Crippen molar-refractivity contribution in [1.29, 1.82) is 0 Å². The molecule has 0 aliphatic rings. The minimum atomic E-state index is -1.02. The number of carbonyl (C=O) groups excluding carboxylic acids is 1. The number of hydrogen-bond acceptors (Lipinski definition) is 3. The molecule has 24 heavy (non-hydrogen) atoms. The number of benzene rings is 2. The van der Waals surface area contributed by atoms with E-state index in [9.17, 15) is 13.6 Å². The second kappa shape index (κ2) is 6.70. The number of para-hydroxylation sites is 1. The van der Waals surface area contributed by atoms with Gasteiger partial charge in [0, 0.05) is 11.5 Å². The fraction of sp³-hybridized carbons (Fsp3) is 0.167. The zero-order valence-electron chi connectivity index (χ0n) is 12.9. The van der Waals surface area contributed by atoms with Gasteiger partial charge in [-0.1, -0.05) is 18.2 Å². The van der Waals surface area contributed by atoms with Gasteiger partial charge in [0.15, 0.2) is 18.2 Å². The summed E-state index contributed by atoms with van der Waals surface area (Å²) in [5, 5.41) is 3.68. The van der Waals surface area contributed by atoms with Crippen LogP contribution in [0.25, 0.3) is 11.0 Å². The molecule has 1 atom stereocenters. The maximum atomic E-state index is 13.1. The van der Waals surface area contributed by atoms with Gasteiger partial charge in [-0.2, -0.15) is 0 Å². The molecule has 0 bridgehead atoms. The van der Waals surface area contributed by atoms with Crippen molar-refractivity contribution in [2.45, 2.75) is 13.0 Å². The van der Waals surface area contributed by atoms with Gasteiger partial charge in [0.2, 0.25) is 0 Å². The minimum absolute atomic E-state index is 0.0837. The first-order valence-corrected chi connectivity index (χ1v) is 7.38. The summed E-state index contributed by atoms with van der Waals surface area (Å²) < 4.78 is 36.7. The van der Waals surface area contributed by atoms with Crippen molar-refractivity contribution in [2.75, 3.05) is 6.61 Å². The second-order valence-corrected chi connectivity index (χ2v) is 5.34. The molecule has 0 aliphatic carbocycles. The van der Waals surface area contributed by atoms with Crippen molar-refractivity contribution < 1.29 is 22.7 Å². The zero-order chi connectivity index (χ0) is 17.1. The molecule has 0 radical (unpaired) electrons. The first kappa shape index (κ1) is 16.0. The summed E-state index contributed by atoms with van der Waals surface area (Å²) >= 11 is 0. The molecule has 3 aromatic rings. The molecule has 6 heteroatoms. The third-order valence-electron chi connectivity index (χ3n) is 3.51. The van der Waals surface area contributed by atoms with Crippen LogP contribution in [0.3, 0.4) is 0 Å². The molecule has 0 unspecified atom stereocenters. The van der Waals surface area contributed by atoms with Gasteiger partial charge in [-0.3, -0.25) is 4.79 Å². The molecule has 4 nitrogen and oxygen atoms in total. The van der Waals surface area contributed by atoms with Gasteiger partial charge in [0.1, 0.15) is 17.1 Å². The topological polar surface area (TPSA) is 51.5 Å². The van der Waals surface area contributed by atoms with Crippen LogP contribution in [-0.4, -0.2) is 12.5 Å². The van der Waals surface area contributed by atoms with Crippen LogP contribution in [0.5, 0.6) is 5.75 Å². The highest BCUT2D eigenvalue weighted by Gasteiger charge is 2.14. The Bertz CT molecular complexity index is 843. The highest BCUT2D eigenvalue weighted by Crippen LogP contribution is 2.23. The quantitative estimate of drug-likeness (QED) is 0.770. The number of carbonyl (C=O) groups is 1. The van der Waals surface area contributed by atoms with E-state index in [0.717, 1.165) is 23.1 Å². The summed E-state index contributed by atoms with van der Waals surface area (Å²) in [7, 11) is 0. The molecule has 0 saturated heterocycles. The van der Waals surface area contributed by atoms with E-state index >= 15 is 0 Å². The Morgan fingerprint density at radius 1 is 1.17 bits per heavy atom. The van der Waals surface area contributed by atoms with Crippen LogP contribution >= 0.6 is 0 Å². The van der Waals surface area contributed by atoms with E-state index in [2.05, 4.69) is 5.32 Å². The van der Waals surface area contributed by atoms with Gasteiger partial charge in [0.05, 0.1) is 6.04 Å². The van der Waals surface area contributed by atoms with E-state index in [-0.39, 0.29) is 18.4 Å². The number of fused-ring (bicyclic) bond motifs is 1. The van der Waals surface area contributed by atoms with Crippen LogP contribution in [0.15, 0.2) is 52.9 Å². The lowest BCUT2D eigenvalue weighted by Crippen LogP contribution is -2.31. The van der Waals surface area contributed by atoms with E-state index in [0.29, 0.717) is 5.76 Å². The lowest BCUT2D eigenvalue weighted by Gasteiger charge is -2.12. The molecule has 2 aromatic carbocycles. The number of halogens is 2. The molecule has 0 spiro atoms. The third kappa shape index (κ3) is 3.53. The van der Waals surface area contributed by atoms with Crippen molar-refractivity contribution in [3.63, 3.8) is 0 Å². The summed E-state index contributed by atoms with van der Waals surface area (Å²) in [5.74, 6) is -1.68. The number of hydrogen-bond donors (Lipinski definition) is 1. The molecule has 1 aromatic heterocycles. The zero-order valence-corrected chi connectivity index (χ0v) is 12.9. The lowest BCUT2D eigenvalue weighted by molar-refractivity contribution is -0.123. The van der Waals surface area contributed by atoms with Crippen molar-refractivity contribution in [3.05, 3.63) is 65.9 Å². The number of amides is 1. The van der Waals surface area contributed by atoms with Crippen LogP contribution in [0.4, 0.5) is 8.78 Å². The fourth-order valence-electron chi connectivity index (χ4n) is 2.29. The maximum Gasteiger partial charge on any atom is 0.258 e. The first-order chi connectivity index (χ1) is 11.5. The van der Waals surface area contributed by atoms with Gasteiger partial charge in [-0.25, -0.2) is 8.78 Å². The summed E-state index contributed by atoms with van der Waals surface area (Å²) in [6.07, 6.45) is 0. The Hall–Kier alpha value is -2.89. The molecule has 1 amide bonds. The highest BCUT2D eigenvalue weighted by atomic mass is 19.2. The number of ether oxygens (including phenoxy) is 1. The monoisotopic (exact) mass is 331 g/mol. The Kier molecular flexibility index (Phi) is 4.46. The molecular weight excluding hydrogens is 316 g/mol. The molecule has 124 valence electrons. The van der Waals surface area contributed by atoms with Crippen LogP contribution in [-0.2, 0) is 4.79 Å². The van der Waals surface area contributed by atoms with Crippen molar-refractivity contribution in [2.24, 2.45) is 0 Å². The Labute approximate surface area is 137 Å². The lowest BCUT2D eigenvalue weighted by atomic mass is 10.2. The predicted octanol–water partition coefficient (Wildman–Crippen LogP) is 3.97. The van der Waals surface area contributed by atoms with Gasteiger partial charge >= 0.3 is 0 Å². The van der Waals surface area contributed by atoms with Crippen LogP contribution < -0.4 is 10.1 Å². The Morgan fingerprint density at radius 3 is 2.71 bits per heavy atom. The molecule has 0 aliphatic heterocycles. The SMILES string of the molecule is C[C@@H](NC(=O)COc1ccc(F)c(F)c1)c1cc2ccccc2o1. The van der Waals surface area contributed by atoms with Crippen LogP contribution in [0.2, 0.25) is 0 Å². The van der Waals surface area contributed by atoms with Crippen molar-refractivity contribution in [1.82, 2.24) is 5.32 Å². The first-order valence-electron chi connectivity index (χ1n) is 7.38. The van der Waals surface area contributed by atoms with Crippen molar-refractivity contribution in [3.8, 4) is 5.75 Å². The number of furan rings is 1. The average Bonchev–Trinajstić information content (AvgIpc) is 3.00. The third-order valence-corrected chi connectivity index (χ3v) is 3.51. The summed E-state index contributed by atoms with van der Waals surface area (Å²) in [4.78, 5) is 11.9. The van der Waals surface area contributed by atoms with Crippen LogP contribution in [0, 0.1) is 11.6 Å². The summed E-state index contributed by atoms with van der Waals surface area (Å²) in [5.41, 5.74) is 0.742. The second-order valence-electron chi connectivity index (χ2n) is 5.34. The minimum Gasteiger partial charge on any atom is -0.484 e. The van der Waals surface area contributed by atoms with E-state index in [1.165, 1.54) is 6.07 Å². The van der Waals surface area contributed by atoms with Gasteiger partial charge in [-0.05, 0) is 31.2 Å². The summed E-state index contributed by atoms with van der Waals surface area (Å²) in [6.45, 7) is 1.48.